The summed E-state index contributed by atoms with van der Waals surface area (Å²) in [5.41, 5.74) is 0.800. The van der Waals surface area contributed by atoms with Crippen molar-refractivity contribution in [2.75, 3.05) is 0 Å². The summed E-state index contributed by atoms with van der Waals surface area (Å²) in [5, 5.41) is 0. The molecular weight excluding hydrogens is 249 g/mol. The second-order valence-electron chi connectivity index (χ2n) is 4.60. The van der Waals surface area contributed by atoms with Gasteiger partial charge < -0.3 is 4.74 Å². The first kappa shape index (κ1) is 13.5. The zero-order valence-corrected chi connectivity index (χ0v) is 10.5. The summed E-state index contributed by atoms with van der Waals surface area (Å²) in [7, 11) is 0. The van der Waals surface area contributed by atoms with Crippen molar-refractivity contribution in [2.45, 2.75) is 38.3 Å². The number of halogens is 1. The Morgan fingerprint density at radius 1 is 1.21 bits per heavy atom. The standard InChI is InChI=1S/C14H16FNO3/c15-13(17)16(12-8-4-5-9-12)14(18)19-10-11-6-2-1-3-7-11/h1-3,6-7,12H,4-5,8-10H2. The third-order valence-corrected chi connectivity index (χ3v) is 3.28. The molecule has 4 nitrogen and oxygen atoms in total. The van der Waals surface area contributed by atoms with E-state index in [0.29, 0.717) is 17.7 Å². The van der Waals surface area contributed by atoms with Crippen LogP contribution in [0.3, 0.4) is 0 Å². The molecule has 1 aromatic carbocycles. The van der Waals surface area contributed by atoms with Crippen LogP contribution in [0, 0.1) is 0 Å². The van der Waals surface area contributed by atoms with Gasteiger partial charge in [0.05, 0.1) is 0 Å². The lowest BCUT2D eigenvalue weighted by atomic mass is 10.2. The van der Waals surface area contributed by atoms with Crippen LogP contribution >= 0.6 is 0 Å². The zero-order valence-electron chi connectivity index (χ0n) is 10.5. The van der Waals surface area contributed by atoms with Gasteiger partial charge in [0, 0.05) is 6.04 Å². The molecule has 1 saturated carbocycles. The number of nitrogens with zero attached hydrogens (tertiary/aromatic N) is 1. The minimum absolute atomic E-state index is 0.0379. The first-order valence-electron chi connectivity index (χ1n) is 6.38. The number of rotatable bonds is 3. The maximum Gasteiger partial charge on any atom is 0.419 e. The van der Waals surface area contributed by atoms with Crippen LogP contribution in [0.5, 0.6) is 0 Å². The van der Waals surface area contributed by atoms with Crippen LogP contribution in [0.25, 0.3) is 0 Å². The van der Waals surface area contributed by atoms with E-state index < -0.39 is 12.3 Å². The molecule has 0 aliphatic heterocycles. The van der Waals surface area contributed by atoms with Gasteiger partial charge in [0.15, 0.2) is 0 Å². The van der Waals surface area contributed by atoms with Crippen molar-refractivity contribution in [3.05, 3.63) is 35.9 Å². The average molecular weight is 265 g/mol. The highest BCUT2D eigenvalue weighted by Gasteiger charge is 2.33. The number of benzene rings is 1. The lowest BCUT2D eigenvalue weighted by molar-refractivity contribution is 0.0854. The third-order valence-electron chi connectivity index (χ3n) is 3.28. The summed E-state index contributed by atoms with van der Waals surface area (Å²) in [6, 6.07) is 8.72. The first-order valence-corrected chi connectivity index (χ1v) is 6.38. The maximum atomic E-state index is 13.0. The topological polar surface area (TPSA) is 46.6 Å². The average Bonchev–Trinajstić information content (AvgIpc) is 2.91. The van der Waals surface area contributed by atoms with E-state index >= 15 is 0 Å². The van der Waals surface area contributed by atoms with E-state index in [9.17, 15) is 14.0 Å². The molecule has 19 heavy (non-hydrogen) atoms. The molecule has 2 rings (SSSR count). The van der Waals surface area contributed by atoms with Gasteiger partial charge in [-0.1, -0.05) is 43.2 Å². The fourth-order valence-electron chi connectivity index (χ4n) is 2.32. The van der Waals surface area contributed by atoms with Crippen molar-refractivity contribution in [1.29, 1.82) is 0 Å². The number of ether oxygens (including phenoxy) is 1. The molecular formula is C14H16FNO3. The van der Waals surface area contributed by atoms with Gasteiger partial charge in [-0.2, -0.15) is 0 Å². The summed E-state index contributed by atoms with van der Waals surface area (Å²) >= 11 is 0. The molecule has 102 valence electrons. The Morgan fingerprint density at radius 3 is 2.42 bits per heavy atom. The number of hydrogen-bond acceptors (Lipinski definition) is 3. The molecule has 0 atom stereocenters. The van der Waals surface area contributed by atoms with Crippen molar-refractivity contribution in [3.63, 3.8) is 0 Å². The minimum Gasteiger partial charge on any atom is -0.444 e. The van der Waals surface area contributed by atoms with Gasteiger partial charge in [0.2, 0.25) is 0 Å². The Balaban J connectivity index is 1.94. The molecule has 0 heterocycles. The van der Waals surface area contributed by atoms with Crippen LogP contribution < -0.4 is 0 Å². The molecule has 0 unspecified atom stereocenters. The Bertz CT molecular complexity index is 443. The lowest BCUT2D eigenvalue weighted by Gasteiger charge is -2.22. The molecule has 5 heteroatoms. The highest BCUT2D eigenvalue weighted by Crippen LogP contribution is 2.25. The van der Waals surface area contributed by atoms with E-state index in [1.807, 2.05) is 18.2 Å². The molecule has 0 aromatic heterocycles. The van der Waals surface area contributed by atoms with Crippen LogP contribution in [0.2, 0.25) is 0 Å². The molecule has 2 amide bonds. The molecule has 1 fully saturated rings. The largest absolute Gasteiger partial charge is 0.444 e. The van der Waals surface area contributed by atoms with E-state index in [1.54, 1.807) is 12.1 Å². The fraction of sp³-hybridized carbons (Fsp3) is 0.429. The SMILES string of the molecule is O=C(F)N(C(=O)OCc1ccccc1)C1CCCC1. The number of hydrogen-bond donors (Lipinski definition) is 0. The second kappa shape index (κ2) is 6.31. The third kappa shape index (κ3) is 3.53. The summed E-state index contributed by atoms with van der Waals surface area (Å²) < 4.78 is 18.0. The Labute approximate surface area is 111 Å². The van der Waals surface area contributed by atoms with E-state index in [2.05, 4.69) is 0 Å². The molecule has 1 aliphatic carbocycles. The van der Waals surface area contributed by atoms with Gasteiger partial charge in [-0.05, 0) is 18.4 Å². The predicted octanol–water partition coefficient (Wildman–Crippen LogP) is 3.66. The van der Waals surface area contributed by atoms with Crippen LogP contribution in [-0.4, -0.2) is 23.2 Å². The van der Waals surface area contributed by atoms with Crippen molar-refractivity contribution in [2.24, 2.45) is 0 Å². The number of carbonyl (C=O) groups is 2. The van der Waals surface area contributed by atoms with Crippen LogP contribution in [0.4, 0.5) is 14.0 Å². The van der Waals surface area contributed by atoms with Gasteiger partial charge in [-0.3, -0.25) is 0 Å². The van der Waals surface area contributed by atoms with E-state index in [1.165, 1.54) is 0 Å². The van der Waals surface area contributed by atoms with Crippen molar-refractivity contribution >= 4 is 12.3 Å². The lowest BCUT2D eigenvalue weighted by Crippen LogP contribution is -2.41. The molecule has 1 aromatic rings. The maximum absolute atomic E-state index is 13.0. The Morgan fingerprint density at radius 2 is 1.84 bits per heavy atom. The molecule has 0 spiro atoms. The van der Waals surface area contributed by atoms with Gasteiger partial charge in [0.1, 0.15) is 6.61 Å². The molecule has 0 bridgehead atoms. The first-order chi connectivity index (χ1) is 9.18. The molecule has 0 radical (unpaired) electrons. The zero-order chi connectivity index (χ0) is 13.7. The van der Waals surface area contributed by atoms with Gasteiger partial charge >= 0.3 is 12.3 Å². The van der Waals surface area contributed by atoms with Crippen molar-refractivity contribution in [1.82, 2.24) is 4.90 Å². The quantitative estimate of drug-likeness (QED) is 0.619. The highest BCUT2D eigenvalue weighted by molar-refractivity contribution is 5.87. The Kier molecular flexibility index (Phi) is 4.49. The summed E-state index contributed by atoms with van der Waals surface area (Å²) in [6.07, 6.45) is 0.473. The smallest absolute Gasteiger partial charge is 0.419 e. The van der Waals surface area contributed by atoms with Crippen LogP contribution in [0.15, 0.2) is 30.3 Å². The van der Waals surface area contributed by atoms with Gasteiger partial charge in [-0.15, -0.1) is 4.39 Å². The van der Waals surface area contributed by atoms with E-state index in [4.69, 9.17) is 4.74 Å². The Hall–Kier alpha value is -1.91. The predicted molar refractivity (Wildman–Crippen MR) is 67.2 cm³/mol. The van der Waals surface area contributed by atoms with E-state index in [0.717, 1.165) is 18.4 Å². The van der Waals surface area contributed by atoms with Crippen molar-refractivity contribution < 1.29 is 18.7 Å². The number of imide groups is 1. The van der Waals surface area contributed by atoms with E-state index in [-0.39, 0.29) is 12.6 Å². The van der Waals surface area contributed by atoms with Crippen LogP contribution in [-0.2, 0) is 11.3 Å². The highest BCUT2D eigenvalue weighted by atomic mass is 19.1. The molecule has 1 aliphatic rings. The molecule has 0 N–H and O–H groups in total. The van der Waals surface area contributed by atoms with Crippen LogP contribution in [0.1, 0.15) is 31.2 Å². The van der Waals surface area contributed by atoms with Gasteiger partial charge in [-0.25, -0.2) is 14.5 Å². The summed E-state index contributed by atoms with van der Waals surface area (Å²) in [5.74, 6) is 0. The number of carbonyl (C=O) groups excluding carboxylic acids is 2. The van der Waals surface area contributed by atoms with Gasteiger partial charge in [0.25, 0.3) is 0 Å². The fourth-order valence-corrected chi connectivity index (χ4v) is 2.32. The summed E-state index contributed by atoms with van der Waals surface area (Å²) in [6.45, 7) is 0.0379. The monoisotopic (exact) mass is 265 g/mol. The summed E-state index contributed by atoms with van der Waals surface area (Å²) in [4.78, 5) is 23.3. The minimum atomic E-state index is -1.73. The van der Waals surface area contributed by atoms with Crippen molar-refractivity contribution in [3.8, 4) is 0 Å². The normalized spacial score (nSPS) is 15.2. The second-order valence-corrected chi connectivity index (χ2v) is 4.60. The number of amides is 2. The molecule has 0 saturated heterocycles.